The molecule has 120 valence electrons. The molecular formula is C17H15F2NO3. The van der Waals surface area contributed by atoms with Crippen molar-refractivity contribution >= 4 is 5.91 Å². The van der Waals surface area contributed by atoms with Gasteiger partial charge in [-0.15, -0.1) is 0 Å². The van der Waals surface area contributed by atoms with Gasteiger partial charge in [0.2, 0.25) is 0 Å². The normalized spacial score (nSPS) is 19.3. The molecule has 1 aliphatic carbocycles. The smallest absolute Gasteiger partial charge is 0.258 e. The van der Waals surface area contributed by atoms with Gasteiger partial charge >= 0.3 is 0 Å². The van der Waals surface area contributed by atoms with Crippen LogP contribution < -0.4 is 10.1 Å². The maximum atomic E-state index is 13.4. The van der Waals surface area contributed by atoms with Crippen LogP contribution in [0.15, 0.2) is 42.5 Å². The van der Waals surface area contributed by atoms with E-state index in [-0.39, 0.29) is 5.75 Å². The predicted octanol–water partition coefficient (Wildman–Crippen LogP) is 2.12. The second kappa shape index (κ2) is 6.34. The van der Waals surface area contributed by atoms with Gasteiger partial charge in [-0.2, -0.15) is 0 Å². The lowest BCUT2D eigenvalue weighted by molar-refractivity contribution is -0.124. The van der Waals surface area contributed by atoms with Crippen LogP contribution in [-0.4, -0.2) is 23.7 Å². The number of nitrogens with one attached hydrogen (secondary N) is 1. The van der Waals surface area contributed by atoms with Gasteiger partial charge in [0.1, 0.15) is 5.82 Å². The van der Waals surface area contributed by atoms with Gasteiger partial charge in [-0.1, -0.05) is 24.3 Å². The van der Waals surface area contributed by atoms with E-state index in [1.165, 1.54) is 0 Å². The molecule has 23 heavy (non-hydrogen) atoms. The largest absolute Gasteiger partial charge is 0.481 e. The molecule has 0 fully saturated rings. The highest BCUT2D eigenvalue weighted by Crippen LogP contribution is 2.31. The van der Waals surface area contributed by atoms with E-state index in [0.29, 0.717) is 12.5 Å². The number of amides is 1. The first-order chi connectivity index (χ1) is 11.0. The topological polar surface area (TPSA) is 58.6 Å². The van der Waals surface area contributed by atoms with Crippen molar-refractivity contribution in [2.45, 2.75) is 18.6 Å². The van der Waals surface area contributed by atoms with Crippen molar-refractivity contribution in [1.29, 1.82) is 0 Å². The molecule has 2 atom stereocenters. The zero-order valence-electron chi connectivity index (χ0n) is 12.1. The highest BCUT2D eigenvalue weighted by molar-refractivity contribution is 5.78. The zero-order valence-corrected chi connectivity index (χ0v) is 12.1. The third kappa shape index (κ3) is 3.32. The molecule has 0 spiro atoms. The van der Waals surface area contributed by atoms with E-state index in [2.05, 4.69) is 5.32 Å². The van der Waals surface area contributed by atoms with Crippen molar-refractivity contribution in [3.05, 3.63) is 65.2 Å². The number of ether oxygens (including phenoxy) is 1. The van der Waals surface area contributed by atoms with Crippen molar-refractivity contribution in [2.75, 3.05) is 6.61 Å². The minimum Gasteiger partial charge on any atom is -0.481 e. The number of halogens is 2. The summed E-state index contributed by atoms with van der Waals surface area (Å²) >= 11 is 0. The first-order valence-corrected chi connectivity index (χ1v) is 7.17. The fraction of sp³-hybridized carbons (Fsp3) is 0.235. The lowest BCUT2D eigenvalue weighted by atomic mass is 10.1. The van der Waals surface area contributed by atoms with Crippen LogP contribution in [-0.2, 0) is 11.2 Å². The van der Waals surface area contributed by atoms with E-state index in [1.54, 1.807) is 0 Å². The number of aliphatic hydroxyl groups excluding tert-OH is 1. The Labute approximate surface area is 131 Å². The van der Waals surface area contributed by atoms with Crippen molar-refractivity contribution < 1.29 is 23.4 Å². The molecule has 0 radical (unpaired) electrons. The van der Waals surface area contributed by atoms with Gasteiger partial charge in [-0.05, 0) is 23.3 Å². The van der Waals surface area contributed by atoms with E-state index in [9.17, 15) is 18.7 Å². The summed E-state index contributed by atoms with van der Waals surface area (Å²) in [5.41, 5.74) is 1.84. The highest BCUT2D eigenvalue weighted by Gasteiger charge is 2.31. The second-order valence-electron chi connectivity index (χ2n) is 5.38. The zero-order chi connectivity index (χ0) is 16.4. The van der Waals surface area contributed by atoms with Gasteiger partial charge < -0.3 is 15.2 Å². The Balaban J connectivity index is 1.62. The van der Waals surface area contributed by atoms with Crippen molar-refractivity contribution in [3.63, 3.8) is 0 Å². The van der Waals surface area contributed by atoms with Crippen molar-refractivity contribution in [3.8, 4) is 5.75 Å². The van der Waals surface area contributed by atoms with E-state index < -0.39 is 36.3 Å². The molecule has 1 aliphatic rings. The van der Waals surface area contributed by atoms with Crippen LogP contribution >= 0.6 is 0 Å². The Bertz CT molecular complexity index is 736. The fourth-order valence-electron chi connectivity index (χ4n) is 2.70. The fourth-order valence-corrected chi connectivity index (χ4v) is 2.70. The van der Waals surface area contributed by atoms with Crippen LogP contribution in [0.5, 0.6) is 5.75 Å². The number of fused-ring (bicyclic) bond motifs is 1. The molecule has 4 nitrogen and oxygen atoms in total. The number of carbonyl (C=O) groups is 1. The van der Waals surface area contributed by atoms with E-state index in [1.807, 2.05) is 24.3 Å². The lowest BCUT2D eigenvalue weighted by Crippen LogP contribution is -2.36. The van der Waals surface area contributed by atoms with Crippen LogP contribution in [0.3, 0.4) is 0 Å². The Kier molecular flexibility index (Phi) is 4.25. The summed E-state index contributed by atoms with van der Waals surface area (Å²) in [6.45, 7) is -0.423. The standard InChI is InChI=1S/C17H15F2NO3/c18-11-5-6-15(13(19)8-11)23-9-16(22)20-17-12-4-2-1-3-10(12)7-14(17)21/h1-6,8,14,17,21H,7,9H2,(H,20,22). The molecule has 0 aliphatic heterocycles. The summed E-state index contributed by atoms with van der Waals surface area (Å²) in [6.07, 6.45) is -0.243. The Morgan fingerprint density at radius 1 is 1.26 bits per heavy atom. The highest BCUT2D eigenvalue weighted by atomic mass is 19.1. The molecule has 0 saturated carbocycles. The van der Waals surface area contributed by atoms with Crippen LogP contribution in [0.2, 0.25) is 0 Å². The van der Waals surface area contributed by atoms with Gasteiger partial charge in [-0.3, -0.25) is 4.79 Å². The number of aliphatic hydroxyl groups is 1. The Morgan fingerprint density at radius 2 is 2.04 bits per heavy atom. The number of hydrogen-bond acceptors (Lipinski definition) is 3. The molecule has 2 aromatic rings. The van der Waals surface area contributed by atoms with Gasteiger partial charge in [0, 0.05) is 12.5 Å². The summed E-state index contributed by atoms with van der Waals surface area (Å²) in [6, 6.07) is 9.79. The third-order valence-electron chi connectivity index (χ3n) is 3.77. The molecule has 3 rings (SSSR count). The average Bonchev–Trinajstić information content (AvgIpc) is 2.82. The van der Waals surface area contributed by atoms with Gasteiger partial charge in [-0.25, -0.2) is 8.78 Å². The molecule has 2 unspecified atom stereocenters. The molecule has 0 aromatic heterocycles. The van der Waals surface area contributed by atoms with Crippen LogP contribution in [0.4, 0.5) is 8.78 Å². The van der Waals surface area contributed by atoms with E-state index in [0.717, 1.165) is 23.3 Å². The minimum atomic E-state index is -0.871. The number of benzene rings is 2. The summed E-state index contributed by atoms with van der Waals surface area (Å²) < 4.78 is 31.3. The molecule has 0 bridgehead atoms. The summed E-state index contributed by atoms with van der Waals surface area (Å²) in [4.78, 5) is 12.0. The maximum Gasteiger partial charge on any atom is 0.258 e. The summed E-state index contributed by atoms with van der Waals surface area (Å²) in [7, 11) is 0. The maximum absolute atomic E-state index is 13.4. The summed E-state index contributed by atoms with van der Waals surface area (Å²) in [5, 5.41) is 12.7. The average molecular weight is 319 g/mol. The monoisotopic (exact) mass is 319 g/mol. The first kappa shape index (κ1) is 15.4. The number of rotatable bonds is 4. The molecule has 0 saturated heterocycles. The molecule has 2 aromatic carbocycles. The van der Waals surface area contributed by atoms with Gasteiger partial charge in [0.25, 0.3) is 5.91 Å². The molecule has 2 N–H and O–H groups in total. The molecule has 6 heteroatoms. The van der Waals surface area contributed by atoms with Gasteiger partial charge in [0.05, 0.1) is 12.1 Å². The predicted molar refractivity (Wildman–Crippen MR) is 78.9 cm³/mol. The second-order valence-corrected chi connectivity index (χ2v) is 5.38. The van der Waals surface area contributed by atoms with E-state index >= 15 is 0 Å². The molecular weight excluding hydrogens is 304 g/mol. The van der Waals surface area contributed by atoms with E-state index in [4.69, 9.17) is 4.74 Å². The Hall–Kier alpha value is -2.47. The quantitative estimate of drug-likeness (QED) is 0.907. The SMILES string of the molecule is O=C(COc1ccc(F)cc1F)NC1c2ccccc2CC1O. The third-order valence-corrected chi connectivity index (χ3v) is 3.77. The summed E-state index contributed by atoms with van der Waals surface area (Å²) in [5.74, 6) is -2.28. The van der Waals surface area contributed by atoms with Crippen molar-refractivity contribution in [2.24, 2.45) is 0 Å². The van der Waals surface area contributed by atoms with Crippen LogP contribution in [0.1, 0.15) is 17.2 Å². The van der Waals surface area contributed by atoms with Gasteiger partial charge in [0.15, 0.2) is 18.2 Å². The minimum absolute atomic E-state index is 0.200. The lowest BCUT2D eigenvalue weighted by Gasteiger charge is -2.18. The van der Waals surface area contributed by atoms with Crippen LogP contribution in [0, 0.1) is 11.6 Å². The first-order valence-electron chi connectivity index (χ1n) is 7.17. The van der Waals surface area contributed by atoms with Crippen molar-refractivity contribution in [1.82, 2.24) is 5.32 Å². The van der Waals surface area contributed by atoms with Crippen LogP contribution in [0.25, 0.3) is 0 Å². The number of carbonyl (C=O) groups excluding carboxylic acids is 1. The molecule has 1 amide bonds. The Morgan fingerprint density at radius 3 is 2.83 bits per heavy atom. The molecule has 0 heterocycles. The number of hydrogen-bond donors (Lipinski definition) is 2.